The van der Waals surface area contributed by atoms with Gasteiger partial charge in [0.25, 0.3) is 0 Å². The molecule has 1 aromatic rings. The fraction of sp³-hybridized carbons (Fsp3) is 0.429. The van der Waals surface area contributed by atoms with E-state index in [1.165, 1.54) is 6.07 Å². The molecule has 3 N–H and O–H groups in total. The molecule has 0 spiro atoms. The van der Waals surface area contributed by atoms with Crippen LogP contribution in [0.25, 0.3) is 0 Å². The normalized spacial score (nSPS) is 11.0. The standard InChI is InChI=1S/C14H19FN2O4/c1-4-21-14(2,3)8-16-13(20)17-9-5-6-11(15)10(7-9)12(18)19/h5-7H,4,8H2,1-3H3,(H,18,19)(H2,16,17,20). The van der Waals surface area contributed by atoms with E-state index in [0.717, 1.165) is 12.1 Å². The van der Waals surface area contributed by atoms with Crippen molar-refractivity contribution < 1.29 is 23.8 Å². The summed E-state index contributed by atoms with van der Waals surface area (Å²) in [5, 5.41) is 13.9. The van der Waals surface area contributed by atoms with Crippen LogP contribution in [0.1, 0.15) is 31.1 Å². The van der Waals surface area contributed by atoms with Gasteiger partial charge in [-0.15, -0.1) is 0 Å². The Morgan fingerprint density at radius 2 is 2.05 bits per heavy atom. The van der Waals surface area contributed by atoms with Crippen molar-refractivity contribution in [3.63, 3.8) is 0 Å². The molecule has 0 saturated heterocycles. The minimum atomic E-state index is -1.39. The molecule has 7 heteroatoms. The highest BCUT2D eigenvalue weighted by Crippen LogP contribution is 2.15. The second-order valence-corrected chi connectivity index (χ2v) is 5.00. The molecular formula is C14H19FN2O4. The van der Waals surface area contributed by atoms with Gasteiger partial charge in [0.05, 0.1) is 11.2 Å². The molecule has 0 aromatic heterocycles. The largest absolute Gasteiger partial charge is 0.478 e. The summed E-state index contributed by atoms with van der Waals surface area (Å²) in [6.07, 6.45) is 0. The Morgan fingerprint density at radius 3 is 2.62 bits per heavy atom. The predicted molar refractivity (Wildman–Crippen MR) is 76.1 cm³/mol. The van der Waals surface area contributed by atoms with E-state index >= 15 is 0 Å². The number of benzene rings is 1. The van der Waals surface area contributed by atoms with Crippen LogP contribution in [-0.2, 0) is 4.74 Å². The Hall–Kier alpha value is -2.15. The third kappa shape index (κ3) is 5.39. The van der Waals surface area contributed by atoms with E-state index in [1.54, 1.807) is 0 Å². The van der Waals surface area contributed by atoms with Crippen LogP contribution in [0.4, 0.5) is 14.9 Å². The number of hydrogen-bond donors (Lipinski definition) is 3. The molecule has 6 nitrogen and oxygen atoms in total. The third-order valence-electron chi connectivity index (χ3n) is 2.66. The summed E-state index contributed by atoms with van der Waals surface area (Å²) in [6.45, 7) is 6.32. The molecule has 1 aromatic carbocycles. The van der Waals surface area contributed by atoms with E-state index < -0.39 is 29.0 Å². The average Bonchev–Trinajstić information content (AvgIpc) is 2.38. The number of amides is 2. The van der Waals surface area contributed by atoms with E-state index in [2.05, 4.69) is 10.6 Å². The van der Waals surface area contributed by atoms with Gasteiger partial charge in [-0.2, -0.15) is 0 Å². The number of carbonyl (C=O) groups is 2. The number of hydrogen-bond acceptors (Lipinski definition) is 3. The molecule has 0 bridgehead atoms. The van der Waals surface area contributed by atoms with Crippen molar-refractivity contribution in [2.45, 2.75) is 26.4 Å². The average molecular weight is 298 g/mol. The monoisotopic (exact) mass is 298 g/mol. The summed E-state index contributed by atoms with van der Waals surface area (Å²) in [5.74, 6) is -2.25. The number of anilines is 1. The van der Waals surface area contributed by atoms with Crippen molar-refractivity contribution in [3.8, 4) is 0 Å². The van der Waals surface area contributed by atoms with Crippen molar-refractivity contribution in [1.82, 2.24) is 5.32 Å². The quantitative estimate of drug-likeness (QED) is 0.753. The number of nitrogens with one attached hydrogen (secondary N) is 2. The van der Waals surface area contributed by atoms with Gasteiger partial charge in [0.1, 0.15) is 5.82 Å². The van der Waals surface area contributed by atoms with Crippen LogP contribution in [0.3, 0.4) is 0 Å². The zero-order chi connectivity index (χ0) is 16.0. The lowest BCUT2D eigenvalue weighted by atomic mass is 10.1. The first kappa shape index (κ1) is 16.9. The molecular weight excluding hydrogens is 279 g/mol. The minimum Gasteiger partial charge on any atom is -0.478 e. The Balaban J connectivity index is 2.63. The number of ether oxygens (including phenoxy) is 1. The Morgan fingerprint density at radius 1 is 1.38 bits per heavy atom. The highest BCUT2D eigenvalue weighted by molar-refractivity contribution is 5.93. The molecule has 0 unspecified atom stereocenters. The fourth-order valence-corrected chi connectivity index (χ4v) is 1.68. The van der Waals surface area contributed by atoms with Gasteiger partial charge < -0.3 is 20.5 Å². The van der Waals surface area contributed by atoms with Gasteiger partial charge in [0, 0.05) is 18.8 Å². The lowest BCUT2D eigenvalue weighted by Crippen LogP contribution is -2.42. The summed E-state index contributed by atoms with van der Waals surface area (Å²) < 4.78 is 18.6. The van der Waals surface area contributed by atoms with Crippen molar-refractivity contribution in [1.29, 1.82) is 0 Å². The van der Waals surface area contributed by atoms with E-state index in [-0.39, 0.29) is 12.2 Å². The number of aromatic carboxylic acids is 1. The summed E-state index contributed by atoms with van der Waals surface area (Å²) in [6, 6.07) is 2.81. The second kappa shape index (κ2) is 7.03. The van der Waals surface area contributed by atoms with Crippen LogP contribution < -0.4 is 10.6 Å². The molecule has 2 amide bonds. The van der Waals surface area contributed by atoms with Gasteiger partial charge in [-0.3, -0.25) is 0 Å². The lowest BCUT2D eigenvalue weighted by Gasteiger charge is -2.24. The molecule has 0 saturated carbocycles. The highest BCUT2D eigenvalue weighted by atomic mass is 19.1. The molecule has 0 atom stereocenters. The van der Waals surface area contributed by atoms with E-state index in [1.807, 2.05) is 20.8 Å². The zero-order valence-electron chi connectivity index (χ0n) is 12.2. The zero-order valence-corrected chi connectivity index (χ0v) is 12.2. The second-order valence-electron chi connectivity index (χ2n) is 5.00. The van der Waals surface area contributed by atoms with Crippen molar-refractivity contribution >= 4 is 17.7 Å². The van der Waals surface area contributed by atoms with Gasteiger partial charge in [0.15, 0.2) is 0 Å². The van der Waals surface area contributed by atoms with E-state index in [0.29, 0.717) is 6.61 Å². The lowest BCUT2D eigenvalue weighted by molar-refractivity contribution is -0.00663. The van der Waals surface area contributed by atoms with Crippen LogP contribution in [0.15, 0.2) is 18.2 Å². The smallest absolute Gasteiger partial charge is 0.338 e. The first-order valence-electron chi connectivity index (χ1n) is 6.47. The first-order chi connectivity index (χ1) is 9.75. The molecule has 116 valence electrons. The van der Waals surface area contributed by atoms with Crippen molar-refractivity contribution in [2.75, 3.05) is 18.5 Å². The highest BCUT2D eigenvalue weighted by Gasteiger charge is 2.19. The van der Waals surface area contributed by atoms with Crippen LogP contribution in [0.2, 0.25) is 0 Å². The molecule has 0 aliphatic heterocycles. The Bertz CT molecular complexity index is 532. The third-order valence-corrected chi connectivity index (χ3v) is 2.66. The van der Waals surface area contributed by atoms with Crippen LogP contribution in [-0.4, -0.2) is 35.9 Å². The van der Waals surface area contributed by atoms with Gasteiger partial charge in [-0.1, -0.05) is 0 Å². The Kier molecular flexibility index (Phi) is 5.66. The maximum absolute atomic E-state index is 13.2. The maximum atomic E-state index is 13.2. The van der Waals surface area contributed by atoms with Crippen LogP contribution in [0.5, 0.6) is 0 Å². The van der Waals surface area contributed by atoms with Crippen LogP contribution in [0, 0.1) is 5.82 Å². The summed E-state index contributed by atoms with van der Waals surface area (Å²) in [5.41, 5.74) is -0.816. The number of carboxylic acid groups (broad SMARTS) is 1. The fourth-order valence-electron chi connectivity index (χ4n) is 1.68. The first-order valence-corrected chi connectivity index (χ1v) is 6.47. The van der Waals surface area contributed by atoms with Gasteiger partial charge in [-0.25, -0.2) is 14.0 Å². The van der Waals surface area contributed by atoms with E-state index in [9.17, 15) is 14.0 Å². The number of carboxylic acids is 1. The molecule has 1 rings (SSSR count). The molecule has 0 aliphatic rings. The van der Waals surface area contributed by atoms with Gasteiger partial charge >= 0.3 is 12.0 Å². The SMILES string of the molecule is CCOC(C)(C)CNC(=O)Nc1ccc(F)c(C(=O)O)c1. The summed E-state index contributed by atoms with van der Waals surface area (Å²) >= 11 is 0. The van der Waals surface area contributed by atoms with Gasteiger partial charge in [0.2, 0.25) is 0 Å². The van der Waals surface area contributed by atoms with E-state index in [4.69, 9.17) is 9.84 Å². The van der Waals surface area contributed by atoms with Crippen molar-refractivity contribution in [3.05, 3.63) is 29.6 Å². The topological polar surface area (TPSA) is 87.7 Å². The predicted octanol–water partition coefficient (Wildman–Crippen LogP) is 2.46. The molecule has 0 fully saturated rings. The number of carbonyl (C=O) groups excluding carboxylic acids is 1. The summed E-state index contributed by atoms with van der Waals surface area (Å²) in [7, 11) is 0. The van der Waals surface area contributed by atoms with Crippen LogP contribution >= 0.6 is 0 Å². The molecule has 21 heavy (non-hydrogen) atoms. The van der Waals surface area contributed by atoms with Gasteiger partial charge in [-0.05, 0) is 39.0 Å². The number of urea groups is 1. The van der Waals surface area contributed by atoms with Crippen molar-refractivity contribution in [2.24, 2.45) is 0 Å². The summed E-state index contributed by atoms with van der Waals surface area (Å²) in [4.78, 5) is 22.5. The number of halogens is 1. The maximum Gasteiger partial charge on any atom is 0.338 e. The molecule has 0 aliphatic carbocycles. The Labute approximate surface area is 122 Å². The molecule has 0 heterocycles. The molecule has 0 radical (unpaired) electrons. The number of rotatable bonds is 6. The minimum absolute atomic E-state index is 0.195.